The Balaban J connectivity index is 1.35. The number of fused-ring (bicyclic) bond motifs is 1. The zero-order valence-corrected chi connectivity index (χ0v) is 16.4. The number of hydrogen-bond acceptors (Lipinski definition) is 7. The molecule has 5 rings (SSSR count). The van der Waals surface area contributed by atoms with Crippen molar-refractivity contribution in [1.29, 1.82) is 0 Å². The van der Waals surface area contributed by atoms with Crippen molar-refractivity contribution in [2.24, 2.45) is 12.5 Å². The summed E-state index contributed by atoms with van der Waals surface area (Å²) in [7, 11) is 1.68. The number of aromatic amines is 1. The van der Waals surface area contributed by atoms with Gasteiger partial charge in [0.15, 0.2) is 5.65 Å². The van der Waals surface area contributed by atoms with E-state index in [0.717, 1.165) is 12.5 Å². The molecule has 0 atom stereocenters. The molecule has 2 aliphatic rings. The third kappa shape index (κ3) is 2.89. The lowest BCUT2D eigenvalue weighted by molar-refractivity contribution is -0.141. The average Bonchev–Trinajstić information content (AvgIpc) is 3.29. The molecule has 0 saturated carbocycles. The van der Waals surface area contributed by atoms with Gasteiger partial charge >= 0.3 is 6.18 Å². The minimum absolute atomic E-state index is 0.0715. The Morgan fingerprint density at radius 2 is 1.87 bits per heavy atom. The van der Waals surface area contributed by atoms with Crippen LogP contribution in [-0.4, -0.2) is 55.9 Å². The Hall–Kier alpha value is -3.18. The minimum Gasteiger partial charge on any atom is -0.355 e. The molecular formula is C18H19F3N8O. The van der Waals surface area contributed by atoms with Crippen LogP contribution in [0.1, 0.15) is 17.9 Å². The van der Waals surface area contributed by atoms with Crippen LogP contribution in [0.3, 0.4) is 0 Å². The van der Waals surface area contributed by atoms with Gasteiger partial charge in [0.1, 0.15) is 22.7 Å². The number of nitrogens with zero attached hydrogens (tertiary/aromatic N) is 7. The maximum absolute atomic E-state index is 13.1. The van der Waals surface area contributed by atoms with E-state index < -0.39 is 11.9 Å². The van der Waals surface area contributed by atoms with Crippen LogP contribution in [0.15, 0.2) is 17.1 Å². The van der Waals surface area contributed by atoms with Crippen LogP contribution in [0.4, 0.5) is 24.9 Å². The number of aryl methyl sites for hydroxylation is 1. The summed E-state index contributed by atoms with van der Waals surface area (Å²) < 4.78 is 40.7. The number of alkyl halides is 3. The average molecular weight is 420 g/mol. The van der Waals surface area contributed by atoms with Crippen molar-refractivity contribution in [2.75, 3.05) is 36.0 Å². The maximum atomic E-state index is 13.1. The Morgan fingerprint density at radius 1 is 1.13 bits per heavy atom. The van der Waals surface area contributed by atoms with Gasteiger partial charge in [-0.05, 0) is 13.3 Å². The highest BCUT2D eigenvalue weighted by Gasteiger charge is 2.49. The first kappa shape index (κ1) is 18.8. The van der Waals surface area contributed by atoms with Crippen LogP contribution < -0.4 is 15.4 Å². The number of H-pyrrole nitrogens is 1. The first-order valence-corrected chi connectivity index (χ1v) is 9.48. The molecule has 2 saturated heterocycles. The van der Waals surface area contributed by atoms with Crippen molar-refractivity contribution in [1.82, 2.24) is 29.7 Å². The molecule has 9 nitrogen and oxygen atoms in total. The molecule has 30 heavy (non-hydrogen) atoms. The molecule has 0 radical (unpaired) electrons. The lowest BCUT2D eigenvalue weighted by Gasteiger charge is -2.48. The van der Waals surface area contributed by atoms with E-state index in [9.17, 15) is 18.0 Å². The lowest BCUT2D eigenvalue weighted by atomic mass is 9.79. The molecule has 0 bridgehead atoms. The quantitative estimate of drug-likeness (QED) is 0.671. The van der Waals surface area contributed by atoms with E-state index in [4.69, 9.17) is 0 Å². The monoisotopic (exact) mass is 420 g/mol. The molecule has 12 heteroatoms. The van der Waals surface area contributed by atoms with Gasteiger partial charge in [0.25, 0.3) is 5.56 Å². The van der Waals surface area contributed by atoms with Crippen LogP contribution in [0, 0.1) is 12.3 Å². The highest BCUT2D eigenvalue weighted by Crippen LogP contribution is 2.43. The summed E-state index contributed by atoms with van der Waals surface area (Å²) in [5.41, 5.74) is -0.722. The second-order valence-electron chi connectivity index (χ2n) is 8.09. The van der Waals surface area contributed by atoms with E-state index in [2.05, 4.69) is 25.1 Å². The van der Waals surface area contributed by atoms with Crippen LogP contribution >= 0.6 is 0 Å². The van der Waals surface area contributed by atoms with Gasteiger partial charge in [-0.1, -0.05) is 0 Å². The SMILES string of the molecule is Cc1nc(N2CC3(CCN(c4nc5[nH]ncc5c(=O)n4C)C3)C2)cc(C(F)(F)F)n1. The molecule has 0 aliphatic carbocycles. The first-order valence-electron chi connectivity index (χ1n) is 9.48. The van der Waals surface area contributed by atoms with Crippen LogP contribution in [-0.2, 0) is 13.2 Å². The van der Waals surface area contributed by atoms with Gasteiger partial charge in [0.05, 0.1) is 6.20 Å². The summed E-state index contributed by atoms with van der Waals surface area (Å²) >= 11 is 0. The molecule has 0 unspecified atom stereocenters. The maximum Gasteiger partial charge on any atom is 0.433 e. The zero-order chi connectivity index (χ0) is 21.3. The van der Waals surface area contributed by atoms with Crippen molar-refractivity contribution < 1.29 is 13.2 Å². The van der Waals surface area contributed by atoms with Gasteiger partial charge in [-0.2, -0.15) is 23.3 Å². The summed E-state index contributed by atoms with van der Waals surface area (Å²) in [6, 6.07) is 1.00. The summed E-state index contributed by atoms with van der Waals surface area (Å²) in [5.74, 6) is 0.952. The van der Waals surface area contributed by atoms with Gasteiger partial charge in [0, 0.05) is 44.7 Å². The molecule has 0 amide bonds. The number of anilines is 2. The number of nitrogens with one attached hydrogen (secondary N) is 1. The highest BCUT2D eigenvalue weighted by atomic mass is 19.4. The van der Waals surface area contributed by atoms with Gasteiger partial charge in [0.2, 0.25) is 5.95 Å². The minimum atomic E-state index is -4.50. The van der Waals surface area contributed by atoms with Crippen molar-refractivity contribution in [3.8, 4) is 0 Å². The van der Waals surface area contributed by atoms with Gasteiger partial charge in [-0.25, -0.2) is 9.97 Å². The van der Waals surface area contributed by atoms with Crippen molar-refractivity contribution >= 4 is 22.8 Å². The number of aromatic nitrogens is 6. The predicted molar refractivity (Wildman–Crippen MR) is 102 cm³/mol. The van der Waals surface area contributed by atoms with Crippen LogP contribution in [0.2, 0.25) is 0 Å². The molecule has 3 aromatic heterocycles. The molecule has 2 aliphatic heterocycles. The normalized spacial score (nSPS) is 18.4. The molecule has 2 fully saturated rings. The number of hydrogen-bond donors (Lipinski definition) is 1. The lowest BCUT2D eigenvalue weighted by Crippen LogP contribution is -2.58. The third-order valence-corrected chi connectivity index (χ3v) is 5.88. The van der Waals surface area contributed by atoms with Gasteiger partial charge in [-0.15, -0.1) is 0 Å². The fourth-order valence-electron chi connectivity index (χ4n) is 4.40. The second-order valence-corrected chi connectivity index (χ2v) is 8.09. The van der Waals surface area contributed by atoms with Gasteiger partial charge < -0.3 is 9.80 Å². The second kappa shape index (κ2) is 6.16. The van der Waals surface area contributed by atoms with Crippen LogP contribution in [0.25, 0.3) is 11.0 Å². The fourth-order valence-corrected chi connectivity index (χ4v) is 4.40. The largest absolute Gasteiger partial charge is 0.433 e. The molecule has 5 heterocycles. The standard InChI is InChI=1S/C18H19F3N8O/c1-10-23-12(18(19,20)21)5-13(24-10)29-8-17(9-29)3-4-28(7-17)16-25-14-11(6-22-26-14)15(30)27(16)2/h5-6H,3-4,7-9H2,1-2H3,(H,22,26). The number of rotatable bonds is 2. The molecule has 1 N–H and O–H groups in total. The van der Waals surface area contributed by atoms with Gasteiger partial charge in [-0.3, -0.25) is 14.5 Å². The third-order valence-electron chi connectivity index (χ3n) is 5.88. The van der Waals surface area contributed by atoms with E-state index in [0.29, 0.717) is 49.0 Å². The zero-order valence-electron chi connectivity index (χ0n) is 16.4. The van der Waals surface area contributed by atoms with E-state index in [1.54, 1.807) is 7.05 Å². The Morgan fingerprint density at radius 3 is 2.60 bits per heavy atom. The highest BCUT2D eigenvalue weighted by molar-refractivity contribution is 5.74. The molecule has 158 valence electrons. The van der Waals surface area contributed by atoms with E-state index >= 15 is 0 Å². The molecule has 3 aromatic rings. The smallest absolute Gasteiger partial charge is 0.355 e. The van der Waals surface area contributed by atoms with Crippen LogP contribution in [0.5, 0.6) is 0 Å². The predicted octanol–water partition coefficient (Wildman–Crippen LogP) is 1.49. The first-order chi connectivity index (χ1) is 14.2. The van der Waals surface area contributed by atoms with Crippen molar-refractivity contribution in [2.45, 2.75) is 19.5 Å². The Bertz CT molecular complexity index is 1190. The topological polar surface area (TPSA) is 95.8 Å². The molecule has 1 spiro atoms. The Labute approximate surface area is 168 Å². The van der Waals surface area contributed by atoms with E-state index in [-0.39, 0.29) is 16.8 Å². The summed E-state index contributed by atoms with van der Waals surface area (Å²) in [6.45, 7) is 4.03. The molecular weight excluding hydrogens is 401 g/mol. The summed E-state index contributed by atoms with van der Waals surface area (Å²) in [6.07, 6.45) is -2.18. The van der Waals surface area contributed by atoms with Crippen molar-refractivity contribution in [3.63, 3.8) is 0 Å². The molecule has 0 aromatic carbocycles. The summed E-state index contributed by atoms with van der Waals surface area (Å²) in [5, 5.41) is 7.05. The number of halogens is 3. The fraction of sp³-hybridized carbons (Fsp3) is 0.500. The summed E-state index contributed by atoms with van der Waals surface area (Å²) in [4.78, 5) is 28.6. The van der Waals surface area contributed by atoms with Crippen molar-refractivity contribution in [3.05, 3.63) is 34.1 Å². The van der Waals surface area contributed by atoms with E-state index in [1.807, 2.05) is 9.80 Å². The van der Waals surface area contributed by atoms with E-state index in [1.165, 1.54) is 17.7 Å². The Kier molecular flexibility index (Phi) is 3.86.